The molecule has 28 heavy (non-hydrogen) atoms. The fourth-order valence-electron chi connectivity index (χ4n) is 3.96. The number of carbonyl (C=O) groups is 1. The van der Waals surface area contributed by atoms with Gasteiger partial charge >= 0.3 is 12.1 Å². The summed E-state index contributed by atoms with van der Waals surface area (Å²) in [4.78, 5) is 14.5. The Bertz CT molecular complexity index is 703. The fraction of sp³-hybridized carbons (Fsp3) is 0.632. The van der Waals surface area contributed by atoms with Crippen molar-refractivity contribution in [2.45, 2.75) is 37.6 Å². The molecule has 1 spiro atoms. The maximum absolute atomic E-state index is 13.8. The number of carbonyl (C=O) groups excluding carboxylic acids is 1. The molecule has 156 valence electrons. The van der Waals surface area contributed by atoms with Gasteiger partial charge in [-0.05, 0) is 42.5 Å². The SMILES string of the molecule is O=C(N1CCOC2(CCN(Cc3cc(F)cc(CCO)c3)CC2)C1)C(F)(F)F. The first kappa shape index (κ1) is 21.0. The van der Waals surface area contributed by atoms with Crippen LogP contribution in [0.4, 0.5) is 17.6 Å². The first-order chi connectivity index (χ1) is 13.2. The maximum atomic E-state index is 13.8. The third kappa shape index (κ3) is 5.01. The average Bonchev–Trinajstić information content (AvgIpc) is 2.62. The Kier molecular flexibility index (Phi) is 6.26. The lowest BCUT2D eigenvalue weighted by molar-refractivity contribution is -0.200. The van der Waals surface area contributed by atoms with Gasteiger partial charge in [0.05, 0.1) is 18.8 Å². The monoisotopic (exact) mass is 404 g/mol. The van der Waals surface area contributed by atoms with E-state index in [1.165, 1.54) is 12.1 Å². The summed E-state index contributed by atoms with van der Waals surface area (Å²) in [6.45, 7) is 1.60. The summed E-state index contributed by atoms with van der Waals surface area (Å²) < 4.78 is 57.7. The van der Waals surface area contributed by atoms with Crippen molar-refractivity contribution in [1.29, 1.82) is 0 Å². The third-order valence-electron chi connectivity index (χ3n) is 5.37. The van der Waals surface area contributed by atoms with Gasteiger partial charge < -0.3 is 14.7 Å². The minimum absolute atomic E-state index is 0.0548. The van der Waals surface area contributed by atoms with Gasteiger partial charge in [-0.25, -0.2) is 4.39 Å². The number of alkyl halides is 3. The molecular weight excluding hydrogens is 380 g/mol. The second-order valence-corrected chi connectivity index (χ2v) is 7.47. The summed E-state index contributed by atoms with van der Waals surface area (Å²) in [6, 6.07) is 4.70. The predicted molar refractivity (Wildman–Crippen MR) is 93.0 cm³/mol. The van der Waals surface area contributed by atoms with Crippen LogP contribution in [-0.4, -0.2) is 72.0 Å². The van der Waals surface area contributed by atoms with Gasteiger partial charge in [-0.2, -0.15) is 13.2 Å². The normalized spacial score (nSPS) is 20.5. The van der Waals surface area contributed by atoms with Crippen LogP contribution in [0.25, 0.3) is 0 Å². The molecule has 1 N–H and O–H groups in total. The van der Waals surface area contributed by atoms with E-state index in [0.29, 0.717) is 38.9 Å². The second kappa shape index (κ2) is 8.34. The molecular formula is C19H24F4N2O3. The Labute approximate surface area is 160 Å². The van der Waals surface area contributed by atoms with Crippen molar-refractivity contribution in [3.05, 3.63) is 35.1 Å². The Hall–Kier alpha value is -1.71. The lowest BCUT2D eigenvalue weighted by Crippen LogP contribution is -2.59. The maximum Gasteiger partial charge on any atom is 0.471 e. The molecule has 0 aliphatic carbocycles. The number of ether oxygens (including phenoxy) is 1. The minimum Gasteiger partial charge on any atom is -0.396 e. The second-order valence-electron chi connectivity index (χ2n) is 7.47. The highest BCUT2D eigenvalue weighted by atomic mass is 19.4. The van der Waals surface area contributed by atoms with Gasteiger partial charge in [0.2, 0.25) is 0 Å². The summed E-state index contributed by atoms with van der Waals surface area (Å²) >= 11 is 0. The predicted octanol–water partition coefficient (Wildman–Crippen LogP) is 2.12. The number of aliphatic hydroxyl groups is 1. The number of nitrogens with zero attached hydrogens (tertiary/aromatic N) is 2. The lowest BCUT2D eigenvalue weighted by Gasteiger charge is -2.47. The smallest absolute Gasteiger partial charge is 0.396 e. The summed E-state index contributed by atoms with van der Waals surface area (Å²) in [6.07, 6.45) is -3.48. The number of likely N-dealkylation sites (tertiary alicyclic amines) is 1. The Morgan fingerprint density at radius 1 is 1.14 bits per heavy atom. The number of amides is 1. The molecule has 1 amide bonds. The molecule has 0 saturated carbocycles. The van der Waals surface area contributed by atoms with Crippen LogP contribution < -0.4 is 0 Å². The standard InChI is InChI=1S/C19H24F4N2O3/c20-16-10-14(1-7-26)9-15(11-16)12-24-4-2-18(3-5-24)13-25(6-8-28-18)17(27)19(21,22)23/h9-11,26H,1-8,12-13H2. The van der Waals surface area contributed by atoms with Crippen LogP contribution >= 0.6 is 0 Å². The molecule has 1 aromatic carbocycles. The summed E-state index contributed by atoms with van der Waals surface area (Å²) in [5, 5.41) is 9.03. The van der Waals surface area contributed by atoms with Gasteiger partial charge in [0.15, 0.2) is 0 Å². The average molecular weight is 404 g/mol. The van der Waals surface area contributed by atoms with Crippen molar-refractivity contribution in [2.75, 3.05) is 39.4 Å². The quantitative estimate of drug-likeness (QED) is 0.782. The highest BCUT2D eigenvalue weighted by molar-refractivity contribution is 5.82. The van der Waals surface area contributed by atoms with Crippen molar-refractivity contribution < 1.29 is 32.2 Å². The number of benzene rings is 1. The fourth-order valence-corrected chi connectivity index (χ4v) is 3.96. The van der Waals surface area contributed by atoms with Gasteiger partial charge in [-0.3, -0.25) is 9.69 Å². The van der Waals surface area contributed by atoms with E-state index in [9.17, 15) is 22.4 Å². The van der Waals surface area contributed by atoms with Crippen molar-refractivity contribution in [2.24, 2.45) is 0 Å². The molecule has 2 fully saturated rings. The molecule has 2 saturated heterocycles. The summed E-state index contributed by atoms with van der Waals surface area (Å²) in [5.74, 6) is -2.17. The Morgan fingerprint density at radius 3 is 2.46 bits per heavy atom. The highest BCUT2D eigenvalue weighted by Gasteiger charge is 2.48. The van der Waals surface area contributed by atoms with E-state index in [2.05, 4.69) is 4.90 Å². The number of rotatable bonds is 4. The van der Waals surface area contributed by atoms with E-state index in [-0.39, 0.29) is 32.1 Å². The van der Waals surface area contributed by atoms with Gasteiger partial charge in [0, 0.05) is 32.8 Å². The molecule has 0 radical (unpaired) electrons. The van der Waals surface area contributed by atoms with Crippen molar-refractivity contribution in [3.8, 4) is 0 Å². The molecule has 0 unspecified atom stereocenters. The molecule has 1 aromatic rings. The van der Waals surface area contributed by atoms with Gasteiger partial charge in [-0.15, -0.1) is 0 Å². The molecule has 3 rings (SSSR count). The molecule has 0 aromatic heterocycles. The van der Waals surface area contributed by atoms with Crippen molar-refractivity contribution >= 4 is 5.91 Å². The van der Waals surface area contributed by atoms with Crippen LogP contribution in [-0.2, 0) is 22.5 Å². The van der Waals surface area contributed by atoms with Gasteiger partial charge in [0.1, 0.15) is 5.82 Å². The molecule has 2 aliphatic heterocycles. The lowest BCUT2D eigenvalue weighted by atomic mass is 9.89. The van der Waals surface area contributed by atoms with Crippen LogP contribution in [0.3, 0.4) is 0 Å². The number of halogens is 4. The van der Waals surface area contributed by atoms with Crippen LogP contribution in [0.1, 0.15) is 24.0 Å². The van der Waals surface area contributed by atoms with Crippen LogP contribution in [0.5, 0.6) is 0 Å². The van der Waals surface area contributed by atoms with Crippen LogP contribution in [0.15, 0.2) is 18.2 Å². The summed E-state index contributed by atoms with van der Waals surface area (Å²) in [5.41, 5.74) is 0.764. The molecule has 2 heterocycles. The first-order valence-electron chi connectivity index (χ1n) is 9.32. The summed E-state index contributed by atoms with van der Waals surface area (Å²) in [7, 11) is 0. The number of aliphatic hydroxyl groups excluding tert-OH is 1. The van der Waals surface area contributed by atoms with E-state index in [0.717, 1.165) is 16.0 Å². The molecule has 0 bridgehead atoms. The largest absolute Gasteiger partial charge is 0.471 e. The van der Waals surface area contributed by atoms with E-state index in [4.69, 9.17) is 9.84 Å². The molecule has 2 aliphatic rings. The van der Waals surface area contributed by atoms with Crippen molar-refractivity contribution in [1.82, 2.24) is 9.80 Å². The van der Waals surface area contributed by atoms with Gasteiger partial charge in [0.25, 0.3) is 0 Å². The van der Waals surface area contributed by atoms with Crippen molar-refractivity contribution in [3.63, 3.8) is 0 Å². The van der Waals surface area contributed by atoms with Crippen LogP contribution in [0, 0.1) is 5.82 Å². The molecule has 5 nitrogen and oxygen atoms in total. The number of piperidine rings is 1. The molecule has 0 atom stereocenters. The van der Waals surface area contributed by atoms with E-state index in [1.807, 2.05) is 6.07 Å². The highest BCUT2D eigenvalue weighted by Crippen LogP contribution is 2.32. The zero-order valence-corrected chi connectivity index (χ0v) is 15.5. The van der Waals surface area contributed by atoms with Crippen LogP contribution in [0.2, 0.25) is 0 Å². The number of hydrogen-bond acceptors (Lipinski definition) is 4. The molecule has 9 heteroatoms. The van der Waals surface area contributed by atoms with E-state index in [1.54, 1.807) is 0 Å². The zero-order valence-electron chi connectivity index (χ0n) is 15.5. The zero-order chi connectivity index (χ0) is 20.4. The Balaban J connectivity index is 1.59. The third-order valence-corrected chi connectivity index (χ3v) is 5.37. The van der Waals surface area contributed by atoms with E-state index < -0.39 is 17.7 Å². The Morgan fingerprint density at radius 2 is 1.82 bits per heavy atom. The topological polar surface area (TPSA) is 53.0 Å². The first-order valence-corrected chi connectivity index (χ1v) is 9.32. The minimum atomic E-state index is -4.87. The number of morpholine rings is 1. The number of hydrogen-bond donors (Lipinski definition) is 1. The van der Waals surface area contributed by atoms with Gasteiger partial charge in [-0.1, -0.05) is 6.07 Å². The van der Waals surface area contributed by atoms with E-state index >= 15 is 0 Å².